The Hall–Kier alpha value is -1.35. The van der Waals surface area contributed by atoms with E-state index in [2.05, 4.69) is 27.7 Å². The van der Waals surface area contributed by atoms with Gasteiger partial charge in [0.1, 0.15) is 5.82 Å². The van der Waals surface area contributed by atoms with Crippen LogP contribution in [0, 0.1) is 6.92 Å². The molecule has 74 valence electrons. The van der Waals surface area contributed by atoms with Crippen LogP contribution in [0.1, 0.15) is 17.8 Å². The van der Waals surface area contributed by atoms with Gasteiger partial charge in [0, 0.05) is 6.20 Å². The third-order valence-corrected chi connectivity index (χ3v) is 2.44. The molecular formula is C11H15N3. The third kappa shape index (κ3) is 1.63. The van der Waals surface area contributed by atoms with Gasteiger partial charge in [-0.2, -0.15) is 0 Å². The van der Waals surface area contributed by atoms with E-state index in [0.717, 1.165) is 30.7 Å². The maximum Gasteiger partial charge on any atom is 0.110 e. The Morgan fingerprint density at radius 3 is 3.07 bits per heavy atom. The molecule has 0 fully saturated rings. The third-order valence-electron chi connectivity index (χ3n) is 2.44. The summed E-state index contributed by atoms with van der Waals surface area (Å²) in [5.74, 6) is 1.04. The molecule has 0 aliphatic rings. The number of imidazole rings is 1. The molecule has 0 radical (unpaired) electrons. The predicted octanol–water partition coefficient (Wildman–Crippen LogP) is 1.53. The van der Waals surface area contributed by atoms with Crippen LogP contribution in [0.4, 0.5) is 0 Å². The fourth-order valence-electron chi connectivity index (χ4n) is 1.62. The van der Waals surface area contributed by atoms with Gasteiger partial charge < -0.3 is 10.1 Å². The van der Waals surface area contributed by atoms with Crippen molar-refractivity contribution in [2.75, 3.05) is 6.54 Å². The fraction of sp³-hybridized carbons (Fsp3) is 0.364. The summed E-state index contributed by atoms with van der Waals surface area (Å²) in [5.41, 5.74) is 7.95. The first-order chi connectivity index (χ1) is 6.81. The van der Waals surface area contributed by atoms with E-state index in [9.17, 15) is 0 Å². The SMILES string of the molecule is Cc1ncc2ccc(CCCN)cn12. The number of hydrogen-bond donors (Lipinski definition) is 1. The van der Waals surface area contributed by atoms with E-state index in [-0.39, 0.29) is 0 Å². The quantitative estimate of drug-likeness (QED) is 0.795. The summed E-state index contributed by atoms with van der Waals surface area (Å²) in [6, 6.07) is 4.25. The maximum absolute atomic E-state index is 5.48. The average Bonchev–Trinajstić information content (AvgIpc) is 2.57. The molecule has 0 spiro atoms. The highest BCUT2D eigenvalue weighted by Gasteiger charge is 1.99. The van der Waals surface area contributed by atoms with Gasteiger partial charge in [-0.05, 0) is 37.9 Å². The zero-order chi connectivity index (χ0) is 9.97. The Kier molecular flexibility index (Phi) is 2.50. The Balaban J connectivity index is 2.34. The van der Waals surface area contributed by atoms with Gasteiger partial charge in [-0.15, -0.1) is 0 Å². The van der Waals surface area contributed by atoms with Gasteiger partial charge in [-0.1, -0.05) is 6.07 Å². The molecule has 14 heavy (non-hydrogen) atoms. The van der Waals surface area contributed by atoms with E-state index in [1.165, 1.54) is 5.56 Å². The van der Waals surface area contributed by atoms with Crippen LogP contribution in [0.2, 0.25) is 0 Å². The number of pyridine rings is 1. The van der Waals surface area contributed by atoms with Crippen LogP contribution in [-0.2, 0) is 6.42 Å². The molecule has 2 aromatic rings. The summed E-state index contributed by atoms with van der Waals surface area (Å²) < 4.78 is 2.12. The smallest absolute Gasteiger partial charge is 0.110 e. The van der Waals surface area contributed by atoms with Gasteiger partial charge in [-0.25, -0.2) is 4.98 Å². The van der Waals surface area contributed by atoms with E-state index in [4.69, 9.17) is 5.73 Å². The Labute approximate surface area is 83.6 Å². The minimum Gasteiger partial charge on any atom is -0.330 e. The number of rotatable bonds is 3. The first-order valence-corrected chi connectivity index (χ1v) is 4.94. The minimum atomic E-state index is 0.751. The number of hydrogen-bond acceptors (Lipinski definition) is 2. The number of nitrogens with zero attached hydrogens (tertiary/aromatic N) is 2. The first kappa shape index (κ1) is 9.21. The van der Waals surface area contributed by atoms with Gasteiger partial charge >= 0.3 is 0 Å². The molecule has 3 heteroatoms. The Morgan fingerprint density at radius 1 is 1.43 bits per heavy atom. The summed E-state index contributed by atoms with van der Waals surface area (Å²) in [5, 5.41) is 0. The van der Waals surface area contributed by atoms with E-state index in [0.29, 0.717) is 0 Å². The molecule has 2 aromatic heterocycles. The van der Waals surface area contributed by atoms with Crippen molar-refractivity contribution in [3.8, 4) is 0 Å². The highest BCUT2D eigenvalue weighted by Crippen LogP contribution is 2.09. The van der Waals surface area contributed by atoms with Crippen LogP contribution < -0.4 is 5.73 Å². The van der Waals surface area contributed by atoms with Gasteiger partial charge in [0.05, 0.1) is 11.7 Å². The molecule has 0 aliphatic heterocycles. The largest absolute Gasteiger partial charge is 0.330 e. The van der Waals surface area contributed by atoms with Crippen LogP contribution >= 0.6 is 0 Å². The number of aryl methyl sites for hydroxylation is 2. The Bertz CT molecular complexity index is 431. The second-order valence-electron chi connectivity index (χ2n) is 3.53. The lowest BCUT2D eigenvalue weighted by Crippen LogP contribution is -2.01. The van der Waals surface area contributed by atoms with Crippen LogP contribution in [0.15, 0.2) is 24.5 Å². The maximum atomic E-state index is 5.48. The molecular weight excluding hydrogens is 174 g/mol. The van der Waals surface area contributed by atoms with Crippen molar-refractivity contribution in [2.24, 2.45) is 5.73 Å². The molecule has 3 nitrogen and oxygen atoms in total. The Morgan fingerprint density at radius 2 is 2.29 bits per heavy atom. The van der Waals surface area contributed by atoms with E-state index < -0.39 is 0 Å². The van der Waals surface area contributed by atoms with Crippen LogP contribution in [0.5, 0.6) is 0 Å². The molecule has 2 rings (SSSR count). The van der Waals surface area contributed by atoms with Gasteiger partial charge in [0.25, 0.3) is 0 Å². The lowest BCUT2D eigenvalue weighted by Gasteiger charge is -2.02. The van der Waals surface area contributed by atoms with Crippen LogP contribution in [0.3, 0.4) is 0 Å². The van der Waals surface area contributed by atoms with Gasteiger partial charge in [0.15, 0.2) is 0 Å². The summed E-state index contributed by atoms with van der Waals surface area (Å²) in [7, 11) is 0. The highest BCUT2D eigenvalue weighted by molar-refractivity contribution is 5.46. The first-order valence-electron chi connectivity index (χ1n) is 4.94. The van der Waals surface area contributed by atoms with Crippen LogP contribution in [-0.4, -0.2) is 15.9 Å². The molecule has 2 N–H and O–H groups in total. The number of aromatic nitrogens is 2. The summed E-state index contributed by atoms with van der Waals surface area (Å²) in [6.45, 7) is 2.76. The normalized spacial score (nSPS) is 11.0. The van der Waals surface area contributed by atoms with Crippen molar-refractivity contribution in [3.05, 3.63) is 35.9 Å². The molecule has 0 aliphatic carbocycles. The molecule has 0 aromatic carbocycles. The standard InChI is InChI=1S/C11H15N3/c1-9-13-7-11-5-4-10(3-2-6-12)8-14(9)11/h4-5,7-8H,2-3,6,12H2,1H3. The fourth-order valence-corrected chi connectivity index (χ4v) is 1.62. The van der Waals surface area contributed by atoms with Crippen molar-refractivity contribution in [1.82, 2.24) is 9.38 Å². The molecule has 0 amide bonds. The lowest BCUT2D eigenvalue weighted by molar-refractivity contribution is 0.825. The molecule has 0 bridgehead atoms. The molecule has 0 unspecified atom stereocenters. The van der Waals surface area contributed by atoms with Crippen molar-refractivity contribution < 1.29 is 0 Å². The number of fused-ring (bicyclic) bond motifs is 1. The van der Waals surface area contributed by atoms with Crippen molar-refractivity contribution in [3.63, 3.8) is 0 Å². The highest BCUT2D eigenvalue weighted by atomic mass is 15.0. The molecule has 0 saturated heterocycles. The van der Waals surface area contributed by atoms with E-state index in [1.54, 1.807) is 0 Å². The topological polar surface area (TPSA) is 43.3 Å². The van der Waals surface area contributed by atoms with Gasteiger partial charge in [-0.3, -0.25) is 0 Å². The van der Waals surface area contributed by atoms with Crippen LogP contribution in [0.25, 0.3) is 5.52 Å². The zero-order valence-corrected chi connectivity index (χ0v) is 8.40. The van der Waals surface area contributed by atoms with Crippen molar-refractivity contribution >= 4 is 5.52 Å². The van der Waals surface area contributed by atoms with Gasteiger partial charge in [0.2, 0.25) is 0 Å². The van der Waals surface area contributed by atoms with E-state index in [1.807, 2.05) is 13.1 Å². The van der Waals surface area contributed by atoms with E-state index >= 15 is 0 Å². The predicted molar refractivity (Wildman–Crippen MR) is 57.3 cm³/mol. The molecule has 2 heterocycles. The lowest BCUT2D eigenvalue weighted by atomic mass is 10.1. The monoisotopic (exact) mass is 189 g/mol. The minimum absolute atomic E-state index is 0.751. The second kappa shape index (κ2) is 3.80. The summed E-state index contributed by atoms with van der Waals surface area (Å²) in [6.07, 6.45) is 6.12. The summed E-state index contributed by atoms with van der Waals surface area (Å²) >= 11 is 0. The average molecular weight is 189 g/mol. The summed E-state index contributed by atoms with van der Waals surface area (Å²) in [4.78, 5) is 4.26. The number of nitrogens with two attached hydrogens (primary N) is 1. The molecule has 0 atom stereocenters. The second-order valence-corrected chi connectivity index (χ2v) is 3.53. The van der Waals surface area contributed by atoms with Crippen molar-refractivity contribution in [2.45, 2.75) is 19.8 Å². The molecule has 0 saturated carbocycles. The zero-order valence-electron chi connectivity index (χ0n) is 8.40. The van der Waals surface area contributed by atoms with Crippen molar-refractivity contribution in [1.29, 1.82) is 0 Å².